The molecule has 1 saturated heterocycles. The summed E-state index contributed by atoms with van der Waals surface area (Å²) in [4.78, 5) is 3.82. The second kappa shape index (κ2) is 7.97. The smallest absolute Gasteiger partial charge is 0.240 e. The molecule has 7 heteroatoms. The van der Waals surface area contributed by atoms with Crippen LogP contribution in [-0.4, -0.2) is 46.2 Å². The van der Waals surface area contributed by atoms with Crippen LogP contribution in [0, 0.1) is 13.8 Å². The normalized spacial score (nSPS) is 17.5. The lowest BCUT2D eigenvalue weighted by Crippen LogP contribution is -2.43. The van der Waals surface area contributed by atoms with Crippen molar-refractivity contribution in [1.82, 2.24) is 9.62 Å². The third-order valence-electron chi connectivity index (χ3n) is 4.46. The number of thiophene rings is 1. The lowest BCUT2D eigenvalue weighted by Gasteiger charge is -2.34. The van der Waals surface area contributed by atoms with Gasteiger partial charge in [-0.3, -0.25) is 4.90 Å². The summed E-state index contributed by atoms with van der Waals surface area (Å²) in [5, 5.41) is 2.03. The average molecular weight is 381 g/mol. The maximum absolute atomic E-state index is 12.8. The molecule has 5 nitrogen and oxygen atoms in total. The number of sulfonamides is 1. The van der Waals surface area contributed by atoms with Crippen LogP contribution >= 0.6 is 11.3 Å². The van der Waals surface area contributed by atoms with Crippen molar-refractivity contribution < 1.29 is 13.2 Å². The summed E-state index contributed by atoms with van der Waals surface area (Å²) in [5.74, 6) is 0. The number of rotatable bonds is 6. The van der Waals surface area contributed by atoms with Gasteiger partial charge in [-0.05, 0) is 42.5 Å². The van der Waals surface area contributed by atoms with Crippen LogP contribution in [-0.2, 0) is 14.8 Å². The molecule has 0 bridgehead atoms. The van der Waals surface area contributed by atoms with Crippen LogP contribution in [0.1, 0.15) is 22.0 Å². The first kappa shape index (κ1) is 18.5. The fourth-order valence-electron chi connectivity index (χ4n) is 3.04. The Balaban J connectivity index is 1.79. The zero-order valence-corrected chi connectivity index (χ0v) is 16.2. The number of nitrogens with one attached hydrogen (secondary N) is 1. The van der Waals surface area contributed by atoms with Crippen LogP contribution in [0.4, 0.5) is 0 Å². The number of morpholine rings is 1. The van der Waals surface area contributed by atoms with Crippen molar-refractivity contribution in [2.24, 2.45) is 0 Å². The predicted molar refractivity (Wildman–Crippen MR) is 101 cm³/mol. The Hall–Kier alpha value is -1.25. The molecule has 1 unspecified atom stereocenters. The molecule has 25 heavy (non-hydrogen) atoms. The number of nitrogens with zero attached hydrogens (tertiary/aromatic N) is 1. The topological polar surface area (TPSA) is 58.6 Å². The van der Waals surface area contributed by atoms with Gasteiger partial charge in [-0.2, -0.15) is 0 Å². The quantitative estimate of drug-likeness (QED) is 0.837. The first-order chi connectivity index (χ1) is 12.0. The van der Waals surface area contributed by atoms with E-state index in [1.54, 1.807) is 17.4 Å². The highest BCUT2D eigenvalue weighted by molar-refractivity contribution is 7.89. The van der Waals surface area contributed by atoms with Crippen LogP contribution in [0.5, 0.6) is 0 Å². The van der Waals surface area contributed by atoms with Crippen LogP contribution in [0.3, 0.4) is 0 Å². The summed E-state index contributed by atoms with van der Waals surface area (Å²) in [6.07, 6.45) is 0. The highest BCUT2D eigenvalue weighted by Crippen LogP contribution is 2.26. The molecule has 0 saturated carbocycles. The van der Waals surface area contributed by atoms with Gasteiger partial charge in [0.2, 0.25) is 10.0 Å². The molecule has 1 fully saturated rings. The van der Waals surface area contributed by atoms with E-state index in [4.69, 9.17) is 4.74 Å². The van der Waals surface area contributed by atoms with Crippen molar-refractivity contribution >= 4 is 21.4 Å². The highest BCUT2D eigenvalue weighted by atomic mass is 32.2. The monoisotopic (exact) mass is 380 g/mol. The Morgan fingerprint density at radius 3 is 2.68 bits per heavy atom. The minimum Gasteiger partial charge on any atom is -0.379 e. The number of benzene rings is 1. The molecule has 1 aliphatic heterocycles. The molecule has 0 aliphatic carbocycles. The molecule has 2 heterocycles. The third-order valence-corrected chi connectivity index (χ3v) is 7.00. The fraction of sp³-hybridized carbons (Fsp3) is 0.444. The van der Waals surface area contributed by atoms with Crippen LogP contribution in [0.2, 0.25) is 0 Å². The van der Waals surface area contributed by atoms with Gasteiger partial charge in [-0.25, -0.2) is 13.1 Å². The van der Waals surface area contributed by atoms with Crippen LogP contribution < -0.4 is 4.72 Å². The molecule has 0 spiro atoms. The zero-order valence-electron chi connectivity index (χ0n) is 14.6. The van der Waals surface area contributed by atoms with Crippen molar-refractivity contribution in [3.63, 3.8) is 0 Å². The van der Waals surface area contributed by atoms with E-state index in [1.807, 2.05) is 37.4 Å². The molecule has 3 rings (SSSR count). The molecule has 0 amide bonds. The van der Waals surface area contributed by atoms with Gasteiger partial charge in [0.25, 0.3) is 0 Å². The Morgan fingerprint density at radius 1 is 1.24 bits per heavy atom. The van der Waals surface area contributed by atoms with Gasteiger partial charge in [0.15, 0.2) is 0 Å². The molecular formula is C18H24N2O3S2. The van der Waals surface area contributed by atoms with Gasteiger partial charge in [0.05, 0.1) is 24.2 Å². The molecule has 2 aromatic rings. The molecule has 1 aliphatic rings. The van der Waals surface area contributed by atoms with Gasteiger partial charge in [0.1, 0.15) is 0 Å². The van der Waals surface area contributed by atoms with E-state index in [1.165, 1.54) is 4.88 Å². The van der Waals surface area contributed by atoms with Crippen LogP contribution in [0.15, 0.2) is 40.6 Å². The summed E-state index contributed by atoms with van der Waals surface area (Å²) < 4.78 is 33.9. The maximum atomic E-state index is 12.8. The van der Waals surface area contributed by atoms with E-state index in [2.05, 4.69) is 15.7 Å². The summed E-state index contributed by atoms with van der Waals surface area (Å²) in [6.45, 7) is 7.09. The maximum Gasteiger partial charge on any atom is 0.240 e. The molecular weight excluding hydrogens is 356 g/mol. The van der Waals surface area contributed by atoms with E-state index in [-0.39, 0.29) is 6.04 Å². The standard InChI is InChI=1S/C18H24N2O3S2/c1-14-5-6-15(2)18(12-14)25(21,22)19-13-16(17-4-3-11-24-17)20-7-9-23-10-8-20/h3-6,11-12,16,19H,7-10,13H2,1-2H3. The van der Waals surface area contributed by atoms with Gasteiger partial charge in [-0.1, -0.05) is 18.2 Å². The Bertz CT molecular complexity index is 798. The van der Waals surface area contributed by atoms with Crippen molar-refractivity contribution in [2.45, 2.75) is 24.8 Å². The van der Waals surface area contributed by atoms with Crippen molar-refractivity contribution in [3.05, 3.63) is 51.7 Å². The number of aryl methyl sites for hydroxylation is 2. The molecule has 1 atom stereocenters. The van der Waals surface area contributed by atoms with Gasteiger partial charge in [-0.15, -0.1) is 11.3 Å². The van der Waals surface area contributed by atoms with Gasteiger partial charge >= 0.3 is 0 Å². The van der Waals surface area contributed by atoms with Crippen LogP contribution in [0.25, 0.3) is 0 Å². The Kier molecular flexibility index (Phi) is 5.91. The summed E-state index contributed by atoms with van der Waals surface area (Å²) in [6, 6.07) is 9.61. The Morgan fingerprint density at radius 2 is 2.00 bits per heavy atom. The first-order valence-corrected chi connectivity index (χ1v) is 10.8. The largest absolute Gasteiger partial charge is 0.379 e. The van der Waals surface area contributed by atoms with E-state index >= 15 is 0 Å². The average Bonchev–Trinajstić information content (AvgIpc) is 3.12. The van der Waals surface area contributed by atoms with Gasteiger partial charge in [0, 0.05) is 24.5 Å². The molecule has 0 radical (unpaired) electrons. The SMILES string of the molecule is Cc1ccc(C)c(S(=O)(=O)NCC(c2cccs2)N2CCOCC2)c1. The molecule has 1 N–H and O–H groups in total. The van der Waals surface area contributed by atoms with Crippen molar-refractivity contribution in [3.8, 4) is 0 Å². The summed E-state index contributed by atoms with van der Waals surface area (Å²) >= 11 is 1.66. The first-order valence-electron chi connectivity index (χ1n) is 8.39. The molecule has 136 valence electrons. The minimum atomic E-state index is -3.54. The second-order valence-electron chi connectivity index (χ2n) is 6.30. The lowest BCUT2D eigenvalue weighted by molar-refractivity contribution is 0.0179. The van der Waals surface area contributed by atoms with E-state index in [0.29, 0.717) is 24.7 Å². The van der Waals surface area contributed by atoms with E-state index in [0.717, 1.165) is 24.2 Å². The lowest BCUT2D eigenvalue weighted by atomic mass is 10.2. The van der Waals surface area contributed by atoms with Gasteiger partial charge < -0.3 is 4.74 Å². The molecule has 1 aromatic carbocycles. The van der Waals surface area contributed by atoms with E-state index in [9.17, 15) is 8.42 Å². The number of ether oxygens (including phenoxy) is 1. The number of hydrogen-bond donors (Lipinski definition) is 1. The zero-order chi connectivity index (χ0) is 17.9. The summed E-state index contributed by atoms with van der Waals surface area (Å²) in [7, 11) is -3.54. The molecule has 1 aromatic heterocycles. The fourth-order valence-corrected chi connectivity index (χ4v) is 5.27. The highest BCUT2D eigenvalue weighted by Gasteiger charge is 2.26. The van der Waals surface area contributed by atoms with Crippen molar-refractivity contribution in [2.75, 3.05) is 32.8 Å². The van der Waals surface area contributed by atoms with E-state index < -0.39 is 10.0 Å². The second-order valence-corrected chi connectivity index (χ2v) is 9.02. The summed E-state index contributed by atoms with van der Waals surface area (Å²) in [5.41, 5.74) is 1.70. The number of hydrogen-bond acceptors (Lipinski definition) is 5. The predicted octanol–water partition coefficient (Wildman–Crippen LogP) is 2.72. The minimum absolute atomic E-state index is 0.0313. The van der Waals surface area contributed by atoms with Crippen molar-refractivity contribution in [1.29, 1.82) is 0 Å². The Labute approximate surface area is 153 Å². The third kappa shape index (κ3) is 4.48.